The van der Waals surface area contributed by atoms with Crippen molar-refractivity contribution in [1.29, 1.82) is 0 Å². The van der Waals surface area contributed by atoms with Crippen LogP contribution < -0.4 is 5.73 Å². The van der Waals surface area contributed by atoms with Gasteiger partial charge < -0.3 is 10.6 Å². The molecule has 2 heterocycles. The molecule has 2 N–H and O–H groups in total. The number of thiocarbonyl (C=S) groups is 1. The predicted octanol–water partition coefficient (Wildman–Crippen LogP) is 3.49. The van der Waals surface area contributed by atoms with Gasteiger partial charge in [-0.1, -0.05) is 12.2 Å². The van der Waals surface area contributed by atoms with Gasteiger partial charge in [0.25, 0.3) is 5.91 Å². The number of nitrogens with two attached hydrogens (primary N) is 1. The number of thiophene rings is 2. The minimum absolute atomic E-state index is 0.0691. The zero-order valence-corrected chi connectivity index (χ0v) is 13.3. The maximum absolute atomic E-state index is 12.5. The molecule has 0 aliphatic rings. The van der Waals surface area contributed by atoms with E-state index in [1.54, 1.807) is 22.7 Å². The Bertz CT molecular complexity index is 571. The van der Waals surface area contributed by atoms with Gasteiger partial charge in [0.05, 0.1) is 9.87 Å². The van der Waals surface area contributed by atoms with E-state index in [9.17, 15) is 4.79 Å². The Morgan fingerprint density at radius 3 is 2.79 bits per heavy atom. The number of amides is 1. The Labute approximate surface area is 126 Å². The minimum atomic E-state index is 0.0691. The molecule has 2 aromatic heterocycles. The molecule has 0 aliphatic carbocycles. The topological polar surface area (TPSA) is 46.3 Å². The van der Waals surface area contributed by atoms with E-state index in [0.29, 0.717) is 18.0 Å². The average molecular weight is 312 g/mol. The Morgan fingerprint density at radius 1 is 1.47 bits per heavy atom. The summed E-state index contributed by atoms with van der Waals surface area (Å²) in [5, 5.41) is 2.04. The standard InChI is InChI=1S/C13H16N2OS3/c1-8(2)15(5-3-12(14)17)13(16)11-7-10-9(19-11)4-6-18-10/h4,6-8H,3,5H2,1-2H3,(H2,14,17). The Hall–Kier alpha value is -0.980. The van der Waals surface area contributed by atoms with Gasteiger partial charge in [-0.3, -0.25) is 4.79 Å². The molecule has 0 atom stereocenters. The first kappa shape index (κ1) is 14.4. The van der Waals surface area contributed by atoms with E-state index in [4.69, 9.17) is 18.0 Å². The molecule has 3 nitrogen and oxygen atoms in total. The number of fused-ring (bicyclic) bond motifs is 1. The molecular weight excluding hydrogens is 296 g/mol. The lowest BCUT2D eigenvalue weighted by molar-refractivity contribution is 0.0717. The number of rotatable bonds is 5. The van der Waals surface area contributed by atoms with Gasteiger partial charge in [0.15, 0.2) is 0 Å². The van der Waals surface area contributed by atoms with Crippen molar-refractivity contribution in [2.45, 2.75) is 26.3 Å². The monoisotopic (exact) mass is 312 g/mol. The van der Waals surface area contributed by atoms with Crippen molar-refractivity contribution < 1.29 is 4.79 Å². The number of hydrogen-bond donors (Lipinski definition) is 1. The van der Waals surface area contributed by atoms with Crippen molar-refractivity contribution >= 4 is 55.2 Å². The molecule has 0 fully saturated rings. The molecule has 0 saturated carbocycles. The maximum atomic E-state index is 12.5. The summed E-state index contributed by atoms with van der Waals surface area (Å²) >= 11 is 8.10. The molecule has 102 valence electrons. The van der Waals surface area contributed by atoms with Gasteiger partial charge in [0.1, 0.15) is 0 Å². The van der Waals surface area contributed by atoms with E-state index < -0.39 is 0 Å². The first-order valence-corrected chi connectivity index (χ1v) is 8.16. The van der Waals surface area contributed by atoms with Gasteiger partial charge in [0, 0.05) is 28.4 Å². The SMILES string of the molecule is CC(C)N(CCC(N)=S)C(=O)c1cc2sccc2s1. The number of nitrogens with zero attached hydrogens (tertiary/aromatic N) is 1. The first-order valence-electron chi connectivity index (χ1n) is 6.05. The summed E-state index contributed by atoms with van der Waals surface area (Å²) in [5.74, 6) is 0.0691. The smallest absolute Gasteiger partial charge is 0.264 e. The molecule has 6 heteroatoms. The Morgan fingerprint density at radius 2 is 2.21 bits per heavy atom. The van der Waals surface area contributed by atoms with Gasteiger partial charge in [-0.05, 0) is 31.4 Å². The van der Waals surface area contributed by atoms with Crippen LogP contribution in [0.1, 0.15) is 29.9 Å². The molecule has 19 heavy (non-hydrogen) atoms. The lowest BCUT2D eigenvalue weighted by Crippen LogP contribution is -2.38. The van der Waals surface area contributed by atoms with Gasteiger partial charge in [0.2, 0.25) is 0 Å². The second-order valence-electron chi connectivity index (χ2n) is 4.57. The van der Waals surface area contributed by atoms with Crippen LogP contribution in [-0.2, 0) is 0 Å². The van der Waals surface area contributed by atoms with Crippen molar-refractivity contribution in [3.05, 3.63) is 22.4 Å². The highest BCUT2D eigenvalue weighted by Gasteiger charge is 2.20. The van der Waals surface area contributed by atoms with Crippen LogP contribution in [0.5, 0.6) is 0 Å². The molecule has 2 rings (SSSR count). The van der Waals surface area contributed by atoms with Crippen LogP contribution >= 0.6 is 34.9 Å². The fraction of sp³-hybridized carbons (Fsp3) is 0.385. The van der Waals surface area contributed by atoms with E-state index in [2.05, 4.69) is 6.07 Å². The highest BCUT2D eigenvalue weighted by atomic mass is 32.1. The highest BCUT2D eigenvalue weighted by Crippen LogP contribution is 2.31. The predicted molar refractivity (Wildman–Crippen MR) is 87.3 cm³/mol. The van der Waals surface area contributed by atoms with Crippen LogP contribution in [0.4, 0.5) is 0 Å². The highest BCUT2D eigenvalue weighted by molar-refractivity contribution is 7.80. The van der Waals surface area contributed by atoms with Crippen LogP contribution in [0.25, 0.3) is 9.40 Å². The van der Waals surface area contributed by atoms with Gasteiger partial charge in [-0.25, -0.2) is 0 Å². The average Bonchev–Trinajstić information content (AvgIpc) is 2.87. The molecule has 0 bridgehead atoms. The van der Waals surface area contributed by atoms with Crippen LogP contribution in [0.3, 0.4) is 0 Å². The van der Waals surface area contributed by atoms with Crippen LogP contribution in [0.15, 0.2) is 17.5 Å². The second kappa shape index (κ2) is 5.98. The third-order valence-electron chi connectivity index (χ3n) is 2.83. The van der Waals surface area contributed by atoms with E-state index in [-0.39, 0.29) is 11.9 Å². The van der Waals surface area contributed by atoms with Gasteiger partial charge in [-0.15, -0.1) is 22.7 Å². The number of carbonyl (C=O) groups is 1. The van der Waals surface area contributed by atoms with E-state index in [1.165, 1.54) is 9.40 Å². The van der Waals surface area contributed by atoms with Crippen molar-refractivity contribution in [3.63, 3.8) is 0 Å². The zero-order valence-electron chi connectivity index (χ0n) is 10.9. The summed E-state index contributed by atoms with van der Waals surface area (Å²) in [4.78, 5) is 15.6. The second-order valence-corrected chi connectivity index (χ2v) is 7.12. The van der Waals surface area contributed by atoms with Crippen LogP contribution in [0, 0.1) is 0 Å². The third-order valence-corrected chi connectivity index (χ3v) is 5.12. The van der Waals surface area contributed by atoms with Crippen molar-refractivity contribution in [3.8, 4) is 0 Å². The summed E-state index contributed by atoms with van der Waals surface area (Å²) < 4.78 is 2.35. The van der Waals surface area contributed by atoms with E-state index >= 15 is 0 Å². The van der Waals surface area contributed by atoms with Gasteiger partial charge >= 0.3 is 0 Å². The molecule has 2 aromatic rings. The van der Waals surface area contributed by atoms with Crippen LogP contribution in [0.2, 0.25) is 0 Å². The van der Waals surface area contributed by atoms with Crippen LogP contribution in [-0.4, -0.2) is 28.4 Å². The lowest BCUT2D eigenvalue weighted by atomic mass is 10.2. The zero-order chi connectivity index (χ0) is 14.0. The van der Waals surface area contributed by atoms with Crippen molar-refractivity contribution in [2.75, 3.05) is 6.54 Å². The van der Waals surface area contributed by atoms with Crippen molar-refractivity contribution in [2.24, 2.45) is 5.73 Å². The Kier molecular flexibility index (Phi) is 4.54. The molecule has 0 radical (unpaired) electrons. The molecular formula is C13H16N2OS3. The Balaban J connectivity index is 2.18. The number of hydrogen-bond acceptors (Lipinski definition) is 4. The number of carbonyl (C=O) groups excluding carboxylic acids is 1. The summed E-state index contributed by atoms with van der Waals surface area (Å²) in [5.41, 5.74) is 5.52. The molecule has 0 spiro atoms. The van der Waals surface area contributed by atoms with Crippen molar-refractivity contribution in [1.82, 2.24) is 4.90 Å². The lowest BCUT2D eigenvalue weighted by Gasteiger charge is -2.26. The normalized spacial score (nSPS) is 11.1. The first-order chi connectivity index (χ1) is 8.99. The molecule has 0 unspecified atom stereocenters. The largest absolute Gasteiger partial charge is 0.393 e. The molecule has 0 saturated heterocycles. The summed E-state index contributed by atoms with van der Waals surface area (Å²) in [6.45, 7) is 4.60. The third kappa shape index (κ3) is 3.32. The molecule has 1 amide bonds. The summed E-state index contributed by atoms with van der Waals surface area (Å²) in [6.07, 6.45) is 0.568. The fourth-order valence-corrected chi connectivity index (χ4v) is 3.99. The minimum Gasteiger partial charge on any atom is -0.393 e. The van der Waals surface area contributed by atoms with Gasteiger partial charge in [-0.2, -0.15) is 0 Å². The van der Waals surface area contributed by atoms with E-state index in [1.807, 2.05) is 30.2 Å². The molecule has 0 aliphatic heterocycles. The maximum Gasteiger partial charge on any atom is 0.264 e. The molecule has 0 aromatic carbocycles. The fourth-order valence-electron chi connectivity index (χ4n) is 1.84. The summed E-state index contributed by atoms with van der Waals surface area (Å²) in [7, 11) is 0. The van der Waals surface area contributed by atoms with E-state index in [0.717, 1.165) is 4.88 Å². The summed E-state index contributed by atoms with van der Waals surface area (Å²) in [6, 6.07) is 4.17. The quantitative estimate of drug-likeness (QED) is 0.860.